The van der Waals surface area contributed by atoms with Crippen molar-refractivity contribution >= 4 is 17.6 Å². The van der Waals surface area contributed by atoms with Gasteiger partial charge in [-0.15, -0.1) is 0 Å². The Morgan fingerprint density at radius 3 is 2.24 bits per heavy atom. The topological polar surface area (TPSA) is 30.5 Å². The van der Waals surface area contributed by atoms with E-state index >= 15 is 0 Å². The second-order valence-corrected chi connectivity index (χ2v) is 6.96. The monoisotopic (exact) mass is 359 g/mol. The van der Waals surface area contributed by atoms with Gasteiger partial charge >= 0.3 is 0 Å². The number of ether oxygens (including phenoxy) is 2. The van der Waals surface area contributed by atoms with Crippen molar-refractivity contribution in [3.05, 3.63) is 48.0 Å². The van der Waals surface area contributed by atoms with Crippen LogP contribution in [0.25, 0.3) is 0 Å². The van der Waals surface area contributed by atoms with Crippen LogP contribution >= 0.6 is 11.9 Å². The van der Waals surface area contributed by atoms with Crippen LogP contribution in [0.1, 0.15) is 45.1 Å². The Balaban J connectivity index is 2.05. The average molecular weight is 360 g/mol. The van der Waals surface area contributed by atoms with Crippen LogP contribution in [-0.4, -0.2) is 13.2 Å². The molecule has 0 aliphatic rings. The zero-order valence-corrected chi connectivity index (χ0v) is 16.3. The lowest BCUT2D eigenvalue weighted by atomic mass is 10.2. The summed E-state index contributed by atoms with van der Waals surface area (Å²) in [7, 11) is 0. The first-order valence-corrected chi connectivity index (χ1v) is 9.93. The van der Waals surface area contributed by atoms with Gasteiger partial charge in [0.2, 0.25) is 0 Å². The highest BCUT2D eigenvalue weighted by Gasteiger charge is 2.07. The van der Waals surface area contributed by atoms with Gasteiger partial charge in [-0.2, -0.15) is 0 Å². The molecule has 0 radical (unpaired) electrons. The van der Waals surface area contributed by atoms with Crippen molar-refractivity contribution < 1.29 is 9.47 Å². The smallest absolute Gasteiger partial charge is 0.143 e. The van der Waals surface area contributed by atoms with Crippen LogP contribution in [0, 0.1) is 6.92 Å². The van der Waals surface area contributed by atoms with E-state index in [1.54, 1.807) is 11.9 Å². The van der Waals surface area contributed by atoms with Gasteiger partial charge in [0.05, 0.1) is 18.9 Å². The van der Waals surface area contributed by atoms with Crippen LogP contribution in [0.2, 0.25) is 0 Å². The molecule has 2 aromatic rings. The molecule has 0 bridgehead atoms. The van der Waals surface area contributed by atoms with E-state index < -0.39 is 0 Å². The van der Waals surface area contributed by atoms with E-state index in [1.165, 1.54) is 10.5 Å². The second kappa shape index (κ2) is 10.9. The Hall–Kier alpha value is -1.81. The molecule has 2 rings (SSSR count). The summed E-state index contributed by atoms with van der Waals surface area (Å²) in [4.78, 5) is 1.17. The molecule has 0 saturated heterocycles. The summed E-state index contributed by atoms with van der Waals surface area (Å²) < 4.78 is 15.2. The van der Waals surface area contributed by atoms with Crippen LogP contribution in [0.3, 0.4) is 0 Å². The van der Waals surface area contributed by atoms with E-state index in [9.17, 15) is 0 Å². The maximum absolute atomic E-state index is 5.93. The van der Waals surface area contributed by atoms with Gasteiger partial charge in [0.1, 0.15) is 11.5 Å². The number of benzene rings is 2. The molecule has 0 aliphatic heterocycles. The van der Waals surface area contributed by atoms with Gasteiger partial charge in [-0.25, -0.2) is 0 Å². The van der Waals surface area contributed by atoms with Crippen LogP contribution in [0.5, 0.6) is 11.5 Å². The summed E-state index contributed by atoms with van der Waals surface area (Å²) in [6.07, 6.45) is 4.38. The molecule has 0 unspecified atom stereocenters. The Bertz CT molecular complexity index is 628. The van der Waals surface area contributed by atoms with Crippen molar-refractivity contribution in [2.24, 2.45) is 0 Å². The number of anilines is 1. The fourth-order valence-electron chi connectivity index (χ4n) is 2.19. The number of hydrogen-bond donors (Lipinski definition) is 1. The quantitative estimate of drug-likeness (QED) is 0.368. The average Bonchev–Trinajstić information content (AvgIpc) is 2.63. The second-order valence-electron chi connectivity index (χ2n) is 6.08. The number of nitrogens with one attached hydrogen (secondary N) is 1. The first-order valence-electron chi connectivity index (χ1n) is 9.12. The molecule has 3 nitrogen and oxygen atoms in total. The van der Waals surface area contributed by atoms with Crippen LogP contribution < -0.4 is 14.2 Å². The van der Waals surface area contributed by atoms with Gasteiger partial charge in [-0.3, -0.25) is 0 Å². The summed E-state index contributed by atoms with van der Waals surface area (Å²) in [5, 5.41) is 0. The predicted molar refractivity (Wildman–Crippen MR) is 108 cm³/mol. The van der Waals surface area contributed by atoms with Crippen molar-refractivity contribution in [2.75, 3.05) is 17.9 Å². The molecule has 0 saturated carbocycles. The molecule has 1 N–H and O–H groups in total. The van der Waals surface area contributed by atoms with Crippen molar-refractivity contribution in [3.63, 3.8) is 0 Å². The van der Waals surface area contributed by atoms with Gasteiger partial charge in [-0.05, 0) is 56.0 Å². The maximum Gasteiger partial charge on any atom is 0.143 e. The summed E-state index contributed by atoms with van der Waals surface area (Å²) in [6, 6.07) is 14.5. The molecule has 4 heteroatoms. The van der Waals surface area contributed by atoms with Crippen molar-refractivity contribution in [2.45, 2.75) is 51.3 Å². The molecule has 0 fully saturated rings. The first kappa shape index (κ1) is 19.5. The number of hydrogen-bond acceptors (Lipinski definition) is 4. The van der Waals surface area contributed by atoms with E-state index in [4.69, 9.17) is 9.47 Å². The van der Waals surface area contributed by atoms with Crippen LogP contribution in [0.4, 0.5) is 5.69 Å². The molecule has 0 heterocycles. The molecule has 0 aliphatic carbocycles. The lowest BCUT2D eigenvalue weighted by Gasteiger charge is -2.15. The normalized spacial score (nSPS) is 10.5. The number of rotatable bonds is 11. The SMILES string of the molecule is CCCCOc1ccc(OCCCC)c(NSc2ccc(C)cc2)c1. The zero-order chi connectivity index (χ0) is 17.9. The van der Waals surface area contributed by atoms with E-state index in [2.05, 4.69) is 49.8 Å². The van der Waals surface area contributed by atoms with Crippen molar-refractivity contribution in [3.8, 4) is 11.5 Å². The highest BCUT2D eigenvalue weighted by Crippen LogP contribution is 2.33. The Morgan fingerprint density at radius 1 is 0.880 bits per heavy atom. The third-order valence-electron chi connectivity index (χ3n) is 3.77. The maximum atomic E-state index is 5.93. The van der Waals surface area contributed by atoms with Crippen molar-refractivity contribution in [1.82, 2.24) is 0 Å². The van der Waals surface area contributed by atoms with Gasteiger partial charge < -0.3 is 14.2 Å². The van der Waals surface area contributed by atoms with E-state index in [0.29, 0.717) is 0 Å². The Labute approximate surface area is 156 Å². The van der Waals surface area contributed by atoms with Crippen molar-refractivity contribution in [1.29, 1.82) is 0 Å². The lowest BCUT2D eigenvalue weighted by Crippen LogP contribution is -2.01. The zero-order valence-electron chi connectivity index (χ0n) is 15.5. The fourth-order valence-corrected chi connectivity index (χ4v) is 2.85. The number of aryl methyl sites for hydroxylation is 1. The molecule has 136 valence electrons. The Morgan fingerprint density at radius 2 is 1.56 bits per heavy atom. The summed E-state index contributed by atoms with van der Waals surface area (Å²) in [5.41, 5.74) is 2.22. The predicted octanol–water partition coefficient (Wildman–Crippen LogP) is 6.47. The van der Waals surface area contributed by atoms with Crippen LogP contribution in [-0.2, 0) is 0 Å². The van der Waals surface area contributed by atoms with E-state index in [1.807, 2.05) is 18.2 Å². The molecule has 25 heavy (non-hydrogen) atoms. The Kier molecular flexibility index (Phi) is 8.53. The summed E-state index contributed by atoms with van der Waals surface area (Å²) >= 11 is 1.59. The first-order chi connectivity index (χ1) is 12.2. The molecular weight excluding hydrogens is 330 g/mol. The van der Waals surface area contributed by atoms with E-state index in [0.717, 1.165) is 56.1 Å². The van der Waals surface area contributed by atoms with Gasteiger partial charge in [0.15, 0.2) is 0 Å². The van der Waals surface area contributed by atoms with Crippen LogP contribution in [0.15, 0.2) is 47.4 Å². The van der Waals surface area contributed by atoms with Gasteiger partial charge in [0, 0.05) is 11.0 Å². The minimum atomic E-state index is 0.733. The van der Waals surface area contributed by atoms with Gasteiger partial charge in [-0.1, -0.05) is 44.4 Å². The highest BCUT2D eigenvalue weighted by molar-refractivity contribution is 8.00. The van der Waals surface area contributed by atoms with Gasteiger partial charge in [0.25, 0.3) is 0 Å². The molecule has 0 aromatic heterocycles. The standard InChI is InChI=1S/C21H29NO2S/c1-4-6-14-23-18-10-13-21(24-15-7-5-2)20(16-18)22-25-19-11-8-17(3)9-12-19/h8-13,16,22H,4-7,14-15H2,1-3H3. The largest absolute Gasteiger partial charge is 0.494 e. The third-order valence-corrected chi connectivity index (χ3v) is 4.60. The lowest BCUT2D eigenvalue weighted by molar-refractivity contribution is 0.302. The minimum Gasteiger partial charge on any atom is -0.494 e. The highest BCUT2D eigenvalue weighted by atomic mass is 32.2. The minimum absolute atomic E-state index is 0.733. The molecular formula is C21H29NO2S. The number of unbranched alkanes of at least 4 members (excludes halogenated alkanes) is 2. The third kappa shape index (κ3) is 6.91. The molecule has 0 spiro atoms. The molecule has 0 atom stereocenters. The molecule has 2 aromatic carbocycles. The fraction of sp³-hybridized carbons (Fsp3) is 0.429. The summed E-state index contributed by atoms with van der Waals surface area (Å²) in [5.74, 6) is 1.75. The summed E-state index contributed by atoms with van der Waals surface area (Å²) in [6.45, 7) is 7.91. The van der Waals surface area contributed by atoms with E-state index in [-0.39, 0.29) is 0 Å². The molecule has 0 amide bonds.